The molecule has 6 rings (SSSR count). The molecule has 0 radical (unpaired) electrons. The molecule has 35 heavy (non-hydrogen) atoms. The number of para-hydroxylation sites is 1. The van der Waals surface area contributed by atoms with Crippen LogP contribution >= 0.6 is 0 Å². The summed E-state index contributed by atoms with van der Waals surface area (Å²) in [6, 6.07) is 16.7. The van der Waals surface area contributed by atoms with E-state index in [2.05, 4.69) is 9.97 Å². The summed E-state index contributed by atoms with van der Waals surface area (Å²) >= 11 is 0. The fourth-order valence-electron chi connectivity index (χ4n) is 4.70. The first kappa shape index (κ1) is 21.1. The van der Waals surface area contributed by atoms with Gasteiger partial charge in [0.15, 0.2) is 17.2 Å². The molecule has 1 aliphatic rings. The number of hydrogen-bond acceptors (Lipinski definition) is 5. The van der Waals surface area contributed by atoms with Gasteiger partial charge in [-0.25, -0.2) is 14.6 Å². The van der Waals surface area contributed by atoms with Crippen molar-refractivity contribution in [2.75, 3.05) is 0 Å². The Morgan fingerprint density at radius 1 is 0.971 bits per heavy atom. The monoisotopic (exact) mass is 465 g/mol. The Hall–Kier alpha value is -4.46. The molecule has 0 amide bonds. The highest BCUT2D eigenvalue weighted by Gasteiger charge is 2.27. The molecule has 0 unspecified atom stereocenters. The van der Waals surface area contributed by atoms with Crippen LogP contribution in [0.25, 0.3) is 11.3 Å². The van der Waals surface area contributed by atoms with E-state index in [1.165, 1.54) is 0 Å². The van der Waals surface area contributed by atoms with Crippen LogP contribution in [-0.4, -0.2) is 29.5 Å². The van der Waals surface area contributed by atoms with E-state index >= 15 is 0 Å². The van der Waals surface area contributed by atoms with Gasteiger partial charge in [-0.3, -0.25) is 14.3 Å². The lowest BCUT2D eigenvalue weighted by Crippen LogP contribution is -2.24. The van der Waals surface area contributed by atoms with Crippen LogP contribution in [0, 0.1) is 0 Å². The normalized spacial score (nSPS) is 13.0. The van der Waals surface area contributed by atoms with Gasteiger partial charge in [-0.05, 0) is 49.1 Å². The van der Waals surface area contributed by atoms with Crippen LogP contribution in [0.4, 0.5) is 0 Å². The van der Waals surface area contributed by atoms with Crippen LogP contribution in [0.2, 0.25) is 0 Å². The van der Waals surface area contributed by atoms with Crippen molar-refractivity contribution in [2.24, 2.45) is 0 Å². The lowest BCUT2D eigenvalue weighted by molar-refractivity contribution is 0.0990. The standard InChI is InChI=1S/C27H23N5O3/c33-22(25-21-9-4-5-15-31(21)32(27(25)34)20-7-2-1-3-8-20)17-19-11-12-24(29-18-19)35-23-10-6-14-30-16-13-28-26(23)30/h1-3,6-8,10-14,16,18H,4-5,9,15,17H2. The Bertz CT molecular complexity index is 1580. The molecule has 0 aliphatic carbocycles. The van der Waals surface area contributed by atoms with Gasteiger partial charge in [-0.1, -0.05) is 24.3 Å². The number of Topliss-reactive ketones (excluding diaryl/α,β-unsaturated/α-hetero) is 1. The molecule has 1 aliphatic heterocycles. The molecule has 0 bridgehead atoms. The van der Waals surface area contributed by atoms with Gasteiger partial charge >= 0.3 is 0 Å². The molecule has 8 heteroatoms. The molecule has 0 N–H and O–H groups in total. The van der Waals surface area contributed by atoms with Crippen LogP contribution in [0.3, 0.4) is 0 Å². The highest BCUT2D eigenvalue weighted by Crippen LogP contribution is 2.24. The summed E-state index contributed by atoms with van der Waals surface area (Å²) in [5, 5.41) is 0. The number of aromatic nitrogens is 5. The van der Waals surface area contributed by atoms with E-state index in [-0.39, 0.29) is 17.8 Å². The number of imidazole rings is 1. The topological polar surface area (TPSA) is 83.4 Å². The lowest BCUT2D eigenvalue weighted by atomic mass is 10.0. The number of carbonyl (C=O) groups excluding carboxylic acids is 1. The Morgan fingerprint density at radius 2 is 1.86 bits per heavy atom. The Balaban J connectivity index is 1.26. The van der Waals surface area contributed by atoms with Gasteiger partial charge in [0.1, 0.15) is 5.56 Å². The highest BCUT2D eigenvalue weighted by atomic mass is 16.5. The van der Waals surface area contributed by atoms with Gasteiger partial charge in [0.2, 0.25) is 5.88 Å². The van der Waals surface area contributed by atoms with Gasteiger partial charge in [0.05, 0.1) is 11.4 Å². The summed E-state index contributed by atoms with van der Waals surface area (Å²) in [7, 11) is 0. The first-order valence-corrected chi connectivity index (χ1v) is 11.7. The van der Waals surface area contributed by atoms with Gasteiger partial charge in [-0.15, -0.1) is 0 Å². The smallest absolute Gasteiger partial charge is 0.282 e. The van der Waals surface area contributed by atoms with Crippen LogP contribution < -0.4 is 10.3 Å². The second kappa shape index (κ2) is 8.72. The summed E-state index contributed by atoms with van der Waals surface area (Å²) in [4.78, 5) is 35.4. The van der Waals surface area contributed by atoms with Gasteiger partial charge in [0.25, 0.3) is 5.56 Å². The first-order chi connectivity index (χ1) is 17.2. The molecular weight excluding hydrogens is 442 g/mol. The number of ether oxygens (including phenoxy) is 1. The average molecular weight is 466 g/mol. The number of fused-ring (bicyclic) bond motifs is 2. The average Bonchev–Trinajstić information content (AvgIpc) is 3.48. The highest BCUT2D eigenvalue weighted by molar-refractivity contribution is 5.98. The fraction of sp³-hybridized carbons (Fsp3) is 0.185. The predicted octanol–water partition coefficient (Wildman–Crippen LogP) is 4.24. The minimum atomic E-state index is -0.251. The molecule has 0 fully saturated rings. The minimum Gasteiger partial charge on any atom is -0.435 e. The number of nitrogens with zero attached hydrogens (tertiary/aromatic N) is 5. The molecule has 174 valence electrons. The number of pyridine rings is 2. The first-order valence-electron chi connectivity index (χ1n) is 11.7. The number of benzene rings is 1. The molecule has 5 aromatic rings. The van der Waals surface area contributed by atoms with Crippen molar-refractivity contribution in [3.63, 3.8) is 0 Å². The Labute approximate surface area is 201 Å². The second-order valence-corrected chi connectivity index (χ2v) is 8.59. The maximum atomic E-state index is 13.4. The van der Waals surface area contributed by atoms with E-state index < -0.39 is 0 Å². The zero-order valence-electron chi connectivity index (χ0n) is 19.0. The van der Waals surface area contributed by atoms with Crippen LogP contribution in [0.15, 0.2) is 84.2 Å². The Morgan fingerprint density at radius 3 is 2.69 bits per heavy atom. The summed E-state index contributed by atoms with van der Waals surface area (Å²) in [6.07, 6.45) is 9.84. The van der Waals surface area contributed by atoms with Crippen molar-refractivity contribution >= 4 is 11.4 Å². The summed E-state index contributed by atoms with van der Waals surface area (Å²) in [5.41, 5.74) is 3.06. The maximum absolute atomic E-state index is 13.4. The zero-order valence-corrected chi connectivity index (χ0v) is 19.0. The van der Waals surface area contributed by atoms with E-state index in [1.54, 1.807) is 23.1 Å². The van der Waals surface area contributed by atoms with Gasteiger partial charge in [0, 0.05) is 43.8 Å². The van der Waals surface area contributed by atoms with Crippen LogP contribution in [-0.2, 0) is 19.4 Å². The third kappa shape index (κ3) is 3.82. The molecule has 8 nitrogen and oxygen atoms in total. The molecule has 5 heterocycles. The van der Waals surface area contributed by atoms with Gasteiger partial charge in [-0.2, -0.15) is 0 Å². The summed E-state index contributed by atoms with van der Waals surface area (Å²) in [5.74, 6) is 0.814. The maximum Gasteiger partial charge on any atom is 0.282 e. The third-order valence-corrected chi connectivity index (χ3v) is 6.32. The number of carbonyl (C=O) groups is 1. The van der Waals surface area contributed by atoms with Crippen molar-refractivity contribution in [1.82, 2.24) is 23.7 Å². The van der Waals surface area contributed by atoms with Crippen LogP contribution in [0.1, 0.15) is 34.5 Å². The van der Waals surface area contributed by atoms with E-state index in [0.717, 1.165) is 42.8 Å². The molecular formula is C27H23N5O3. The van der Waals surface area contributed by atoms with Crippen LogP contribution in [0.5, 0.6) is 11.6 Å². The zero-order chi connectivity index (χ0) is 23.8. The minimum absolute atomic E-state index is 0.101. The molecule has 1 aromatic carbocycles. The Kier molecular flexibility index (Phi) is 5.25. The quantitative estimate of drug-likeness (QED) is 0.351. The second-order valence-electron chi connectivity index (χ2n) is 8.59. The van der Waals surface area contributed by atoms with Crippen molar-refractivity contribution in [1.29, 1.82) is 0 Å². The van der Waals surface area contributed by atoms with Crippen molar-refractivity contribution in [2.45, 2.75) is 32.2 Å². The van der Waals surface area contributed by atoms with E-state index in [9.17, 15) is 9.59 Å². The summed E-state index contributed by atoms with van der Waals surface area (Å²) in [6.45, 7) is 0.726. The summed E-state index contributed by atoms with van der Waals surface area (Å²) < 4.78 is 11.4. The van der Waals surface area contributed by atoms with Crippen molar-refractivity contribution in [3.8, 4) is 17.3 Å². The van der Waals surface area contributed by atoms with E-state index in [4.69, 9.17) is 4.74 Å². The SMILES string of the molecule is O=C(Cc1ccc(Oc2cccn3ccnc23)nc1)c1c2n(n(-c3ccccc3)c1=O)CCCC2. The third-order valence-electron chi connectivity index (χ3n) is 6.32. The molecule has 0 spiro atoms. The largest absolute Gasteiger partial charge is 0.435 e. The number of rotatable bonds is 6. The fourth-order valence-corrected chi connectivity index (χ4v) is 4.70. The molecule has 0 saturated heterocycles. The number of ketones is 1. The molecule has 0 saturated carbocycles. The van der Waals surface area contributed by atoms with Crippen molar-refractivity contribution < 1.29 is 9.53 Å². The van der Waals surface area contributed by atoms with Gasteiger partial charge < -0.3 is 9.14 Å². The lowest BCUT2D eigenvalue weighted by Gasteiger charge is -2.19. The number of hydrogen-bond donors (Lipinski definition) is 0. The predicted molar refractivity (Wildman–Crippen MR) is 131 cm³/mol. The molecule has 4 aromatic heterocycles. The van der Waals surface area contributed by atoms with E-state index in [1.807, 2.05) is 70.0 Å². The van der Waals surface area contributed by atoms with Crippen molar-refractivity contribution in [3.05, 3.63) is 107 Å². The molecule has 0 atom stereocenters. The van der Waals surface area contributed by atoms with E-state index in [0.29, 0.717) is 22.8 Å².